The number of guanidine groups is 1. The number of unbranched alkanes of at least 4 members (excludes halogenated alkanes) is 2. The number of carbonyl (C=O) groups is 1. The first-order valence-electron chi connectivity index (χ1n) is 9.21. The largest absolute Gasteiger partial charge is 0.462 e. The van der Waals surface area contributed by atoms with Crippen LogP contribution in [0.2, 0.25) is 0 Å². The summed E-state index contributed by atoms with van der Waals surface area (Å²) < 4.78 is 10.1. The molecule has 0 amide bonds. The maximum Gasteiger partial charge on any atom is 0.350 e. The number of aryl methyl sites for hydroxylation is 1. The minimum atomic E-state index is -0.308. The van der Waals surface area contributed by atoms with E-state index in [1.807, 2.05) is 20.8 Å². The maximum absolute atomic E-state index is 12.0. The van der Waals surface area contributed by atoms with Crippen LogP contribution in [0.25, 0.3) is 0 Å². The number of aliphatic imine (C=N–C) groups is 1. The number of rotatable bonds is 11. The van der Waals surface area contributed by atoms with Crippen molar-refractivity contribution >= 4 is 23.3 Å². The second-order valence-electron chi connectivity index (χ2n) is 5.87. The molecule has 1 rings (SSSR count). The number of esters is 1. The molecule has 0 aromatic carbocycles. The van der Waals surface area contributed by atoms with E-state index in [2.05, 4.69) is 20.6 Å². The molecule has 0 aliphatic rings. The quantitative estimate of drug-likeness (QED) is 0.264. The van der Waals surface area contributed by atoms with Gasteiger partial charge in [-0.05, 0) is 47.0 Å². The van der Waals surface area contributed by atoms with Crippen molar-refractivity contribution in [1.29, 1.82) is 0 Å². The van der Waals surface area contributed by atoms with Gasteiger partial charge in [0, 0.05) is 26.8 Å². The van der Waals surface area contributed by atoms with Crippen LogP contribution in [-0.4, -0.2) is 50.3 Å². The molecule has 1 atom stereocenters. The summed E-state index contributed by atoms with van der Waals surface area (Å²) in [5.41, 5.74) is 0.706. The molecule has 1 aromatic rings. The molecule has 1 unspecified atom stereocenters. The fraction of sp³-hybridized carbons (Fsp3) is 0.722. The van der Waals surface area contributed by atoms with Crippen LogP contribution in [-0.2, 0) is 9.47 Å². The molecule has 148 valence electrons. The lowest BCUT2D eigenvalue weighted by Crippen LogP contribution is -2.38. The molecular formula is C18H32N4O3S. The van der Waals surface area contributed by atoms with Crippen molar-refractivity contribution in [3.8, 4) is 0 Å². The predicted octanol–water partition coefficient (Wildman–Crippen LogP) is 3.06. The fourth-order valence-electron chi connectivity index (χ4n) is 2.30. The van der Waals surface area contributed by atoms with E-state index in [9.17, 15) is 4.79 Å². The number of hydrogen-bond donors (Lipinski definition) is 2. The van der Waals surface area contributed by atoms with Crippen molar-refractivity contribution in [3.05, 3.63) is 15.6 Å². The van der Waals surface area contributed by atoms with Crippen molar-refractivity contribution in [2.24, 2.45) is 4.99 Å². The molecule has 26 heavy (non-hydrogen) atoms. The molecule has 0 saturated heterocycles. The van der Waals surface area contributed by atoms with E-state index < -0.39 is 0 Å². The summed E-state index contributed by atoms with van der Waals surface area (Å²) in [6.45, 7) is 10.4. The minimum Gasteiger partial charge on any atom is -0.462 e. The molecule has 0 aliphatic carbocycles. The molecule has 0 spiro atoms. The molecule has 0 fully saturated rings. The highest BCUT2D eigenvalue weighted by molar-refractivity contribution is 7.13. The number of aromatic nitrogens is 1. The molecule has 0 saturated carbocycles. The highest BCUT2D eigenvalue weighted by Crippen LogP contribution is 2.24. The van der Waals surface area contributed by atoms with Gasteiger partial charge >= 0.3 is 5.97 Å². The fourth-order valence-corrected chi connectivity index (χ4v) is 3.26. The SMILES string of the molecule is CCNC(=NCCCCCOC)NC(C)c1nc(C)c(C(=O)OCC)s1. The first kappa shape index (κ1) is 22.4. The normalized spacial score (nSPS) is 12.7. The van der Waals surface area contributed by atoms with Crippen LogP contribution in [0.15, 0.2) is 4.99 Å². The third-order valence-corrected chi connectivity index (χ3v) is 4.94. The van der Waals surface area contributed by atoms with Gasteiger partial charge in [-0.2, -0.15) is 0 Å². The highest BCUT2D eigenvalue weighted by atomic mass is 32.1. The van der Waals surface area contributed by atoms with Crippen LogP contribution < -0.4 is 10.6 Å². The van der Waals surface area contributed by atoms with E-state index in [0.29, 0.717) is 17.2 Å². The van der Waals surface area contributed by atoms with Gasteiger partial charge in [0.1, 0.15) is 9.88 Å². The Balaban J connectivity index is 2.64. The zero-order valence-corrected chi connectivity index (χ0v) is 17.4. The Kier molecular flexibility index (Phi) is 10.9. The van der Waals surface area contributed by atoms with Crippen molar-refractivity contribution in [2.75, 3.05) is 33.4 Å². The van der Waals surface area contributed by atoms with Crippen LogP contribution in [0, 0.1) is 6.92 Å². The Morgan fingerprint density at radius 3 is 2.73 bits per heavy atom. The lowest BCUT2D eigenvalue weighted by molar-refractivity contribution is 0.0531. The lowest BCUT2D eigenvalue weighted by atomic mass is 10.2. The van der Waals surface area contributed by atoms with E-state index in [-0.39, 0.29) is 12.0 Å². The summed E-state index contributed by atoms with van der Waals surface area (Å²) in [5.74, 6) is 0.454. The standard InChI is InChI=1S/C18H32N4O3S/c1-6-19-18(20-11-9-8-10-12-24-5)22-14(4)16-21-13(3)15(26-16)17(23)25-7-2/h14H,6-12H2,1-5H3,(H2,19,20,22). The number of thiazole rings is 1. The smallest absolute Gasteiger partial charge is 0.350 e. The average Bonchev–Trinajstić information content (AvgIpc) is 3.00. The Bertz CT molecular complexity index is 575. The molecule has 8 heteroatoms. The zero-order valence-electron chi connectivity index (χ0n) is 16.6. The molecule has 0 aliphatic heterocycles. The van der Waals surface area contributed by atoms with E-state index in [1.165, 1.54) is 11.3 Å². The summed E-state index contributed by atoms with van der Waals surface area (Å²) in [7, 11) is 1.72. The molecule has 1 heterocycles. The van der Waals surface area contributed by atoms with Crippen molar-refractivity contribution in [1.82, 2.24) is 15.6 Å². The Morgan fingerprint density at radius 1 is 1.31 bits per heavy atom. The number of hydrogen-bond acceptors (Lipinski definition) is 6. The first-order chi connectivity index (χ1) is 12.5. The van der Waals surface area contributed by atoms with Crippen LogP contribution in [0.4, 0.5) is 0 Å². The number of nitrogens with zero attached hydrogens (tertiary/aromatic N) is 2. The number of nitrogens with one attached hydrogen (secondary N) is 2. The van der Waals surface area contributed by atoms with Gasteiger partial charge in [0.25, 0.3) is 0 Å². The number of carbonyl (C=O) groups excluding carboxylic acids is 1. The first-order valence-corrected chi connectivity index (χ1v) is 10.0. The monoisotopic (exact) mass is 384 g/mol. The van der Waals surface area contributed by atoms with E-state index in [0.717, 1.165) is 49.9 Å². The van der Waals surface area contributed by atoms with Gasteiger partial charge in [-0.3, -0.25) is 4.99 Å². The third-order valence-electron chi connectivity index (χ3n) is 3.62. The van der Waals surface area contributed by atoms with Crippen LogP contribution >= 0.6 is 11.3 Å². The number of ether oxygens (including phenoxy) is 2. The van der Waals surface area contributed by atoms with Gasteiger partial charge < -0.3 is 20.1 Å². The van der Waals surface area contributed by atoms with Gasteiger partial charge in [-0.25, -0.2) is 9.78 Å². The predicted molar refractivity (Wildman–Crippen MR) is 106 cm³/mol. The second kappa shape index (κ2) is 12.6. The average molecular weight is 385 g/mol. The lowest BCUT2D eigenvalue weighted by Gasteiger charge is -2.16. The summed E-state index contributed by atoms with van der Waals surface area (Å²) in [6, 6.07) is -0.0480. The molecule has 0 bridgehead atoms. The molecule has 2 N–H and O–H groups in total. The Hall–Kier alpha value is -1.67. The zero-order chi connectivity index (χ0) is 19.4. The Labute approximate surface area is 160 Å². The van der Waals surface area contributed by atoms with Gasteiger partial charge in [0.05, 0.1) is 18.3 Å². The number of methoxy groups -OCH3 is 1. The van der Waals surface area contributed by atoms with Crippen molar-refractivity contribution in [2.45, 2.75) is 53.0 Å². The van der Waals surface area contributed by atoms with Crippen molar-refractivity contribution < 1.29 is 14.3 Å². The Morgan fingerprint density at radius 2 is 2.08 bits per heavy atom. The van der Waals surface area contributed by atoms with Gasteiger partial charge in [0.15, 0.2) is 5.96 Å². The van der Waals surface area contributed by atoms with Crippen LogP contribution in [0.3, 0.4) is 0 Å². The summed E-state index contributed by atoms with van der Waals surface area (Å²) in [5, 5.41) is 7.45. The van der Waals surface area contributed by atoms with Crippen LogP contribution in [0.5, 0.6) is 0 Å². The van der Waals surface area contributed by atoms with Crippen LogP contribution in [0.1, 0.15) is 66.4 Å². The third kappa shape index (κ3) is 7.70. The summed E-state index contributed by atoms with van der Waals surface area (Å²) >= 11 is 1.37. The molecular weight excluding hydrogens is 352 g/mol. The molecule has 0 radical (unpaired) electrons. The summed E-state index contributed by atoms with van der Waals surface area (Å²) in [4.78, 5) is 21.6. The van der Waals surface area contributed by atoms with Gasteiger partial charge in [-0.1, -0.05) is 0 Å². The van der Waals surface area contributed by atoms with Gasteiger partial charge in [0.2, 0.25) is 0 Å². The maximum atomic E-state index is 12.0. The van der Waals surface area contributed by atoms with E-state index >= 15 is 0 Å². The topological polar surface area (TPSA) is 84.8 Å². The van der Waals surface area contributed by atoms with E-state index in [1.54, 1.807) is 14.0 Å². The second-order valence-corrected chi connectivity index (χ2v) is 6.90. The molecule has 7 nitrogen and oxygen atoms in total. The minimum absolute atomic E-state index is 0.0480. The molecule has 1 aromatic heterocycles. The van der Waals surface area contributed by atoms with E-state index in [4.69, 9.17) is 9.47 Å². The van der Waals surface area contributed by atoms with Crippen molar-refractivity contribution in [3.63, 3.8) is 0 Å². The highest BCUT2D eigenvalue weighted by Gasteiger charge is 2.20. The van der Waals surface area contributed by atoms with Gasteiger partial charge in [-0.15, -0.1) is 11.3 Å². The summed E-state index contributed by atoms with van der Waals surface area (Å²) in [6.07, 6.45) is 3.18.